The molecule has 3 aromatic carbocycles. The number of Topliss-reactive ketones (excluding diaryl/α,β-unsaturated/α-hetero) is 1. The summed E-state index contributed by atoms with van der Waals surface area (Å²) in [6, 6.07) is 14.5. The molecule has 0 spiro atoms. The molecular formula is C30H28O12. The first kappa shape index (κ1) is 28.9. The van der Waals surface area contributed by atoms with Gasteiger partial charge < -0.3 is 49.6 Å². The fourth-order valence-corrected chi connectivity index (χ4v) is 4.71. The van der Waals surface area contributed by atoms with Crippen molar-refractivity contribution in [3.8, 4) is 28.7 Å². The molecule has 1 saturated heterocycles. The van der Waals surface area contributed by atoms with Gasteiger partial charge >= 0.3 is 5.97 Å². The number of aliphatic hydroxyl groups excluding tert-OH is 3. The summed E-state index contributed by atoms with van der Waals surface area (Å²) in [5.74, 6) is -1.67. The Labute approximate surface area is 239 Å². The van der Waals surface area contributed by atoms with Crippen molar-refractivity contribution in [2.24, 2.45) is 0 Å². The Morgan fingerprint density at radius 2 is 1.62 bits per heavy atom. The predicted octanol–water partition coefficient (Wildman–Crippen LogP) is 1.95. The van der Waals surface area contributed by atoms with Crippen molar-refractivity contribution in [3.05, 3.63) is 83.4 Å². The summed E-state index contributed by atoms with van der Waals surface area (Å²) in [7, 11) is 0. The van der Waals surface area contributed by atoms with Crippen LogP contribution in [0.5, 0.6) is 28.7 Å². The second-order valence-corrected chi connectivity index (χ2v) is 9.79. The van der Waals surface area contributed by atoms with Crippen LogP contribution in [0.1, 0.15) is 34.0 Å². The molecule has 2 aliphatic heterocycles. The summed E-state index contributed by atoms with van der Waals surface area (Å²) in [4.78, 5) is 25.2. The van der Waals surface area contributed by atoms with Crippen LogP contribution in [0.15, 0.2) is 66.7 Å². The molecule has 12 heteroatoms. The number of hydrogen-bond acceptors (Lipinski definition) is 12. The van der Waals surface area contributed by atoms with Crippen LogP contribution in [-0.2, 0) is 14.3 Å². The number of ketones is 1. The highest BCUT2D eigenvalue weighted by Gasteiger charge is 2.47. The topological polar surface area (TPSA) is 192 Å². The minimum atomic E-state index is -1.75. The number of ether oxygens (including phenoxy) is 4. The van der Waals surface area contributed by atoms with Crippen LogP contribution in [0.2, 0.25) is 0 Å². The Bertz CT molecular complexity index is 1460. The van der Waals surface area contributed by atoms with Crippen LogP contribution >= 0.6 is 0 Å². The van der Waals surface area contributed by atoms with E-state index in [1.807, 2.05) is 0 Å². The van der Waals surface area contributed by atoms with Crippen LogP contribution in [0.25, 0.3) is 6.08 Å². The Hall–Kier alpha value is -4.62. The van der Waals surface area contributed by atoms with E-state index < -0.39 is 55.1 Å². The first-order valence-corrected chi connectivity index (χ1v) is 13.0. The fourth-order valence-electron chi connectivity index (χ4n) is 4.71. The molecule has 0 radical (unpaired) electrons. The number of hydrogen-bond donors (Lipinski definition) is 6. The van der Waals surface area contributed by atoms with E-state index in [2.05, 4.69) is 0 Å². The van der Waals surface area contributed by atoms with Gasteiger partial charge in [0.05, 0.1) is 13.0 Å². The maximum atomic E-state index is 12.8. The largest absolute Gasteiger partial charge is 0.508 e. The lowest BCUT2D eigenvalue weighted by Crippen LogP contribution is -2.61. The third-order valence-corrected chi connectivity index (χ3v) is 6.87. The van der Waals surface area contributed by atoms with E-state index >= 15 is 0 Å². The van der Waals surface area contributed by atoms with Gasteiger partial charge in [-0.2, -0.15) is 0 Å². The Kier molecular flexibility index (Phi) is 8.31. The summed E-state index contributed by atoms with van der Waals surface area (Å²) in [5, 5.41) is 60.8. The molecule has 5 rings (SSSR count). The van der Waals surface area contributed by atoms with Crippen molar-refractivity contribution in [2.75, 3.05) is 6.61 Å². The summed E-state index contributed by atoms with van der Waals surface area (Å²) < 4.78 is 22.5. The van der Waals surface area contributed by atoms with Crippen LogP contribution in [0.4, 0.5) is 0 Å². The Balaban J connectivity index is 1.28. The summed E-state index contributed by atoms with van der Waals surface area (Å²) in [6.07, 6.45) is -6.05. The second-order valence-electron chi connectivity index (χ2n) is 9.79. The molecule has 0 saturated carbocycles. The van der Waals surface area contributed by atoms with Gasteiger partial charge in [0.1, 0.15) is 58.7 Å². The molecule has 0 aromatic heterocycles. The SMILES string of the molecule is O=C(C=Cc1ccc(O)cc1)OC1C(CO)OC(Oc2cc(O)c3c(c2)OC(c2ccc(O)cc2)CC3=O)C(O)C1O. The third-order valence-electron chi connectivity index (χ3n) is 6.87. The van der Waals surface area contributed by atoms with Gasteiger partial charge in [0.15, 0.2) is 11.9 Å². The zero-order valence-electron chi connectivity index (χ0n) is 21.9. The Morgan fingerprint density at radius 1 is 0.952 bits per heavy atom. The maximum Gasteiger partial charge on any atom is 0.331 e. The molecule has 0 bridgehead atoms. The Morgan fingerprint density at radius 3 is 2.29 bits per heavy atom. The average molecular weight is 581 g/mol. The van der Waals surface area contributed by atoms with E-state index in [0.717, 1.165) is 12.1 Å². The van der Waals surface area contributed by atoms with E-state index in [-0.39, 0.29) is 40.8 Å². The first-order chi connectivity index (χ1) is 20.1. The van der Waals surface area contributed by atoms with Gasteiger partial charge in [-0.1, -0.05) is 24.3 Å². The quantitative estimate of drug-likeness (QED) is 0.176. The molecule has 220 valence electrons. The smallest absolute Gasteiger partial charge is 0.331 e. The van der Waals surface area contributed by atoms with E-state index in [0.29, 0.717) is 11.1 Å². The molecule has 2 aliphatic rings. The normalized spacial score (nSPS) is 25.5. The average Bonchev–Trinajstić information content (AvgIpc) is 2.96. The van der Waals surface area contributed by atoms with Crippen molar-refractivity contribution in [1.29, 1.82) is 0 Å². The van der Waals surface area contributed by atoms with E-state index in [1.165, 1.54) is 36.4 Å². The lowest BCUT2D eigenvalue weighted by atomic mass is 9.95. The van der Waals surface area contributed by atoms with E-state index in [4.69, 9.17) is 18.9 Å². The number of phenols is 3. The van der Waals surface area contributed by atoms with Crippen molar-refractivity contribution in [1.82, 2.24) is 0 Å². The van der Waals surface area contributed by atoms with Gasteiger partial charge in [-0.25, -0.2) is 4.79 Å². The molecular weight excluding hydrogens is 552 g/mol. The predicted molar refractivity (Wildman–Crippen MR) is 144 cm³/mol. The van der Waals surface area contributed by atoms with Crippen molar-refractivity contribution in [3.63, 3.8) is 0 Å². The minimum Gasteiger partial charge on any atom is -0.508 e. The standard InChI is InChI=1S/C30H28O12/c31-14-24-29(42-25(36)10-3-15-1-6-17(32)7-2-15)27(37)28(38)30(41-24)39-19-11-20(34)26-21(35)13-22(40-23(26)12-19)16-4-8-18(33)9-5-16/h1-12,22,24,27-34,37-38H,13-14H2. The first-order valence-electron chi connectivity index (χ1n) is 13.0. The lowest BCUT2D eigenvalue weighted by molar-refractivity contribution is -0.280. The molecule has 3 aromatic rings. The highest BCUT2D eigenvalue weighted by Crippen LogP contribution is 2.42. The lowest BCUT2D eigenvalue weighted by Gasteiger charge is -2.41. The highest BCUT2D eigenvalue weighted by atomic mass is 16.7. The highest BCUT2D eigenvalue weighted by molar-refractivity contribution is 6.02. The van der Waals surface area contributed by atoms with Crippen LogP contribution in [0.3, 0.4) is 0 Å². The number of aromatic hydroxyl groups is 3. The minimum absolute atomic E-state index is 0.0103. The van der Waals surface area contributed by atoms with Gasteiger partial charge in [0.25, 0.3) is 0 Å². The molecule has 6 N–H and O–H groups in total. The molecule has 12 nitrogen and oxygen atoms in total. The summed E-state index contributed by atoms with van der Waals surface area (Å²) in [6.45, 7) is -0.704. The number of carbonyl (C=O) groups is 2. The number of rotatable bonds is 7. The molecule has 1 fully saturated rings. The van der Waals surface area contributed by atoms with Gasteiger partial charge in [-0.05, 0) is 41.5 Å². The molecule has 2 heterocycles. The van der Waals surface area contributed by atoms with Crippen molar-refractivity contribution in [2.45, 2.75) is 43.2 Å². The number of benzene rings is 3. The second kappa shape index (κ2) is 12.1. The number of esters is 1. The third kappa shape index (κ3) is 6.16. The van der Waals surface area contributed by atoms with E-state index in [9.17, 15) is 40.2 Å². The molecule has 0 aliphatic carbocycles. The number of carbonyl (C=O) groups excluding carboxylic acids is 2. The summed E-state index contributed by atoms with van der Waals surface area (Å²) in [5.41, 5.74) is 1.16. The molecule has 6 atom stereocenters. The van der Waals surface area contributed by atoms with Crippen LogP contribution in [0, 0.1) is 0 Å². The fraction of sp³-hybridized carbons (Fsp3) is 0.267. The molecule has 42 heavy (non-hydrogen) atoms. The number of phenolic OH excluding ortho intramolecular Hbond substituents is 3. The number of aliphatic hydroxyl groups is 3. The molecule has 0 amide bonds. The van der Waals surface area contributed by atoms with Gasteiger partial charge in [-0.15, -0.1) is 0 Å². The van der Waals surface area contributed by atoms with Crippen LogP contribution < -0.4 is 9.47 Å². The van der Waals surface area contributed by atoms with Gasteiger partial charge in [0, 0.05) is 18.2 Å². The van der Waals surface area contributed by atoms with Crippen molar-refractivity contribution < 1.29 is 59.2 Å². The molecule has 6 unspecified atom stereocenters. The van der Waals surface area contributed by atoms with Gasteiger partial charge in [-0.3, -0.25) is 4.79 Å². The summed E-state index contributed by atoms with van der Waals surface area (Å²) >= 11 is 0. The van der Waals surface area contributed by atoms with Crippen LogP contribution in [-0.4, -0.2) is 79.7 Å². The monoisotopic (exact) mass is 580 g/mol. The number of fused-ring (bicyclic) bond motifs is 1. The zero-order valence-corrected chi connectivity index (χ0v) is 21.9. The van der Waals surface area contributed by atoms with Crippen molar-refractivity contribution >= 4 is 17.8 Å². The maximum absolute atomic E-state index is 12.8. The van der Waals surface area contributed by atoms with Gasteiger partial charge in [0.2, 0.25) is 6.29 Å². The van der Waals surface area contributed by atoms with E-state index in [1.54, 1.807) is 24.3 Å². The zero-order chi connectivity index (χ0) is 30.0.